The van der Waals surface area contributed by atoms with Crippen LogP contribution in [-0.4, -0.2) is 81.9 Å². The molecule has 10 nitrogen and oxygen atoms in total. The standard InChI is InChI=1S/C36H46F3N5O5/c1-23(45)48-22-31(46)44(19-25-18-43(20-29(25)39)34(47)49-35(2,3)4)32(36(5,6)14-15-40)33-41-30(27-16-26(37)12-13-28(27)38)21-42(33)17-24-10-8-7-9-11-24/h7-13,16,21,25,29,32H,14-15,17-20,22,40H2,1-6H3. The number of hydrogen-bond donors (Lipinski definition) is 1. The Morgan fingerprint density at radius 1 is 1.06 bits per heavy atom. The van der Waals surface area contributed by atoms with Gasteiger partial charge in [0.15, 0.2) is 6.61 Å². The summed E-state index contributed by atoms with van der Waals surface area (Å²) in [5.74, 6) is -3.16. The lowest BCUT2D eigenvalue weighted by atomic mass is 9.79. The first kappa shape index (κ1) is 37.4. The van der Waals surface area contributed by atoms with Crippen LogP contribution >= 0.6 is 0 Å². The highest BCUT2D eigenvalue weighted by Crippen LogP contribution is 2.43. The molecule has 0 spiro atoms. The summed E-state index contributed by atoms with van der Waals surface area (Å²) in [6, 6.07) is 11.5. The molecule has 1 aliphatic heterocycles. The number of nitrogens with two attached hydrogens (primary N) is 1. The minimum absolute atomic E-state index is 0.0321. The molecule has 1 aromatic heterocycles. The largest absolute Gasteiger partial charge is 0.456 e. The molecule has 1 aliphatic rings. The summed E-state index contributed by atoms with van der Waals surface area (Å²) in [5, 5.41) is 0. The summed E-state index contributed by atoms with van der Waals surface area (Å²) in [7, 11) is 0. The van der Waals surface area contributed by atoms with E-state index in [2.05, 4.69) is 0 Å². The van der Waals surface area contributed by atoms with Gasteiger partial charge in [-0.05, 0) is 62.9 Å². The molecule has 0 aliphatic carbocycles. The summed E-state index contributed by atoms with van der Waals surface area (Å²) >= 11 is 0. The summed E-state index contributed by atoms with van der Waals surface area (Å²) in [4.78, 5) is 46.3. The predicted molar refractivity (Wildman–Crippen MR) is 178 cm³/mol. The van der Waals surface area contributed by atoms with Crippen molar-refractivity contribution in [2.75, 3.05) is 32.8 Å². The van der Waals surface area contributed by atoms with Crippen LogP contribution in [0.1, 0.15) is 65.4 Å². The third-order valence-corrected chi connectivity index (χ3v) is 8.46. The molecule has 3 atom stereocenters. The van der Waals surface area contributed by atoms with E-state index in [1.807, 2.05) is 44.2 Å². The highest BCUT2D eigenvalue weighted by atomic mass is 19.1. The monoisotopic (exact) mass is 685 g/mol. The number of rotatable bonds is 12. The normalized spacial score (nSPS) is 17.1. The maximum Gasteiger partial charge on any atom is 0.410 e. The van der Waals surface area contributed by atoms with E-state index >= 15 is 8.78 Å². The quantitative estimate of drug-likeness (QED) is 0.236. The Morgan fingerprint density at radius 3 is 2.39 bits per heavy atom. The number of carbonyl (C=O) groups excluding carboxylic acids is 3. The molecule has 266 valence electrons. The average Bonchev–Trinajstić information content (AvgIpc) is 3.59. The van der Waals surface area contributed by atoms with Crippen molar-refractivity contribution in [3.8, 4) is 11.3 Å². The molecule has 1 fully saturated rings. The second-order valence-electron chi connectivity index (χ2n) is 14.1. The highest BCUT2D eigenvalue weighted by Gasteiger charge is 2.45. The molecule has 3 unspecified atom stereocenters. The van der Waals surface area contributed by atoms with Crippen molar-refractivity contribution < 1.29 is 37.0 Å². The smallest absolute Gasteiger partial charge is 0.410 e. The van der Waals surface area contributed by atoms with Crippen LogP contribution in [0.3, 0.4) is 0 Å². The summed E-state index contributed by atoms with van der Waals surface area (Å²) in [5.41, 5.74) is 5.38. The van der Waals surface area contributed by atoms with Gasteiger partial charge in [-0.25, -0.2) is 22.9 Å². The number of nitrogens with zero attached hydrogens (tertiary/aromatic N) is 4. The number of carbonyl (C=O) groups is 3. The Hall–Kier alpha value is -4.39. The number of imidazole rings is 1. The van der Waals surface area contributed by atoms with E-state index in [0.717, 1.165) is 23.8 Å². The molecule has 2 amide bonds. The molecule has 2 aromatic carbocycles. The fourth-order valence-corrected chi connectivity index (χ4v) is 6.13. The van der Waals surface area contributed by atoms with Gasteiger partial charge in [0.1, 0.15) is 29.2 Å². The Balaban J connectivity index is 1.86. The summed E-state index contributed by atoms with van der Waals surface area (Å²) < 4.78 is 57.6. The lowest BCUT2D eigenvalue weighted by Crippen LogP contribution is -2.48. The molecule has 13 heteroatoms. The summed E-state index contributed by atoms with van der Waals surface area (Å²) in [6.07, 6.45) is -0.200. The molecule has 49 heavy (non-hydrogen) atoms. The van der Waals surface area contributed by atoms with Crippen molar-refractivity contribution in [1.82, 2.24) is 19.4 Å². The molecule has 1 saturated heterocycles. The zero-order valence-electron chi connectivity index (χ0n) is 28.9. The fourth-order valence-electron chi connectivity index (χ4n) is 6.13. The number of benzene rings is 2. The van der Waals surface area contributed by atoms with Gasteiger partial charge >= 0.3 is 12.1 Å². The molecular weight excluding hydrogens is 639 g/mol. The van der Waals surface area contributed by atoms with Gasteiger partial charge in [0, 0.05) is 44.2 Å². The minimum Gasteiger partial charge on any atom is -0.456 e. The third kappa shape index (κ3) is 9.62. The van der Waals surface area contributed by atoms with Gasteiger partial charge in [-0.1, -0.05) is 44.2 Å². The van der Waals surface area contributed by atoms with Gasteiger partial charge in [-0.3, -0.25) is 9.59 Å². The number of alkyl halides is 1. The van der Waals surface area contributed by atoms with Crippen LogP contribution < -0.4 is 5.73 Å². The van der Waals surface area contributed by atoms with Crippen LogP contribution in [0.4, 0.5) is 18.0 Å². The van der Waals surface area contributed by atoms with Gasteiger partial charge in [0.05, 0.1) is 18.3 Å². The van der Waals surface area contributed by atoms with Crippen LogP contribution in [0.25, 0.3) is 11.3 Å². The third-order valence-electron chi connectivity index (χ3n) is 8.46. The van der Waals surface area contributed by atoms with Crippen molar-refractivity contribution in [2.45, 2.75) is 72.3 Å². The molecule has 4 rings (SSSR count). The predicted octanol–water partition coefficient (Wildman–Crippen LogP) is 5.89. The SMILES string of the molecule is CC(=O)OCC(=O)N(CC1CN(C(=O)OC(C)(C)C)CC1F)C(c1nc(-c2cc(F)ccc2F)cn1Cc1ccccc1)C(C)(C)CCN. The zero-order valence-corrected chi connectivity index (χ0v) is 28.9. The van der Waals surface area contributed by atoms with Crippen LogP contribution in [0, 0.1) is 23.0 Å². The van der Waals surface area contributed by atoms with Crippen LogP contribution in [0.2, 0.25) is 0 Å². The lowest BCUT2D eigenvalue weighted by molar-refractivity contribution is -0.153. The number of likely N-dealkylation sites (tertiary alicyclic amines) is 1. The van der Waals surface area contributed by atoms with Crippen LogP contribution in [0.15, 0.2) is 54.7 Å². The van der Waals surface area contributed by atoms with Crippen molar-refractivity contribution in [3.63, 3.8) is 0 Å². The van der Waals surface area contributed by atoms with E-state index in [9.17, 15) is 18.8 Å². The molecule has 2 N–H and O–H groups in total. The maximum absolute atomic E-state index is 15.8. The van der Waals surface area contributed by atoms with Gasteiger partial charge in [-0.15, -0.1) is 0 Å². The van der Waals surface area contributed by atoms with Gasteiger partial charge < -0.3 is 29.6 Å². The van der Waals surface area contributed by atoms with Crippen molar-refractivity contribution in [2.24, 2.45) is 17.1 Å². The highest BCUT2D eigenvalue weighted by molar-refractivity contribution is 5.80. The number of ether oxygens (including phenoxy) is 2. The number of aromatic nitrogens is 2. The lowest BCUT2D eigenvalue weighted by Gasteiger charge is -2.43. The number of amides is 2. The second kappa shape index (κ2) is 15.4. The maximum atomic E-state index is 15.8. The van der Waals surface area contributed by atoms with Crippen molar-refractivity contribution in [3.05, 3.63) is 77.8 Å². The van der Waals surface area contributed by atoms with Gasteiger partial charge in [-0.2, -0.15) is 0 Å². The fraction of sp³-hybridized carbons (Fsp3) is 0.500. The Morgan fingerprint density at radius 2 is 1.76 bits per heavy atom. The molecule has 0 bridgehead atoms. The Kier molecular flexibility index (Phi) is 11.8. The van der Waals surface area contributed by atoms with E-state index in [0.29, 0.717) is 12.2 Å². The molecule has 3 aromatic rings. The van der Waals surface area contributed by atoms with Gasteiger partial charge in [0.25, 0.3) is 5.91 Å². The Bertz CT molecular complexity index is 1620. The Labute approximate surface area is 285 Å². The summed E-state index contributed by atoms with van der Waals surface area (Å²) in [6.45, 7) is 9.49. The molecular formula is C36H46F3N5O5. The van der Waals surface area contributed by atoms with Crippen LogP contribution in [0.5, 0.6) is 0 Å². The van der Waals surface area contributed by atoms with E-state index in [4.69, 9.17) is 20.2 Å². The van der Waals surface area contributed by atoms with E-state index in [1.54, 1.807) is 31.5 Å². The van der Waals surface area contributed by atoms with E-state index < -0.39 is 65.4 Å². The zero-order chi connectivity index (χ0) is 36.1. The first-order chi connectivity index (χ1) is 23.0. The topological polar surface area (TPSA) is 120 Å². The van der Waals surface area contributed by atoms with E-state index in [1.165, 1.54) is 16.7 Å². The number of hydrogen-bond acceptors (Lipinski definition) is 7. The van der Waals surface area contributed by atoms with Crippen LogP contribution in [-0.2, 0) is 25.6 Å². The second-order valence-corrected chi connectivity index (χ2v) is 14.1. The van der Waals surface area contributed by atoms with Crippen molar-refractivity contribution >= 4 is 18.0 Å². The minimum atomic E-state index is -1.50. The molecule has 2 heterocycles. The number of halogens is 3. The first-order valence-electron chi connectivity index (χ1n) is 16.3. The average molecular weight is 686 g/mol. The number of esters is 1. The molecule has 0 radical (unpaired) electrons. The van der Waals surface area contributed by atoms with E-state index in [-0.39, 0.29) is 44.0 Å². The van der Waals surface area contributed by atoms with Crippen molar-refractivity contribution in [1.29, 1.82) is 0 Å². The first-order valence-corrected chi connectivity index (χ1v) is 16.3. The van der Waals surface area contributed by atoms with Gasteiger partial charge in [0.2, 0.25) is 0 Å². The molecule has 0 saturated carbocycles.